The first-order chi connectivity index (χ1) is 12.0. The van der Waals surface area contributed by atoms with Gasteiger partial charge in [0, 0.05) is 27.2 Å². The molecule has 2 rings (SSSR count). The SMILES string of the molecule is CN=C(NCCN1C(=O)CNC1=O)N(C)CCOc1ccc(C)cc1.I. The van der Waals surface area contributed by atoms with E-state index in [0.29, 0.717) is 32.2 Å². The van der Waals surface area contributed by atoms with Crippen molar-refractivity contribution in [1.82, 2.24) is 20.4 Å². The minimum absolute atomic E-state index is 0. The lowest BCUT2D eigenvalue weighted by molar-refractivity contribution is -0.124. The number of imide groups is 1. The predicted octanol–water partition coefficient (Wildman–Crippen LogP) is 1.05. The molecule has 3 amide bonds. The monoisotopic (exact) mass is 475 g/mol. The average Bonchev–Trinajstić information content (AvgIpc) is 2.92. The van der Waals surface area contributed by atoms with E-state index >= 15 is 0 Å². The van der Waals surface area contributed by atoms with Crippen LogP contribution in [-0.2, 0) is 4.79 Å². The fraction of sp³-hybridized carbons (Fsp3) is 0.471. The Morgan fingerprint density at radius 2 is 2.04 bits per heavy atom. The zero-order valence-corrected chi connectivity index (χ0v) is 17.6. The highest BCUT2D eigenvalue weighted by molar-refractivity contribution is 14.0. The number of aliphatic imine (C=N–C) groups is 1. The number of guanidine groups is 1. The number of rotatable bonds is 7. The molecule has 0 unspecified atom stereocenters. The van der Waals surface area contributed by atoms with Crippen molar-refractivity contribution >= 4 is 41.9 Å². The average molecular weight is 475 g/mol. The molecule has 0 aliphatic carbocycles. The molecule has 26 heavy (non-hydrogen) atoms. The van der Waals surface area contributed by atoms with E-state index in [1.807, 2.05) is 43.1 Å². The van der Waals surface area contributed by atoms with Crippen molar-refractivity contribution in [3.63, 3.8) is 0 Å². The van der Waals surface area contributed by atoms with Crippen LogP contribution < -0.4 is 15.4 Å². The Bertz CT molecular complexity index is 620. The number of carbonyl (C=O) groups is 2. The van der Waals surface area contributed by atoms with Gasteiger partial charge in [-0.25, -0.2) is 4.79 Å². The first-order valence-corrected chi connectivity index (χ1v) is 8.20. The van der Waals surface area contributed by atoms with Gasteiger partial charge in [-0.1, -0.05) is 17.7 Å². The van der Waals surface area contributed by atoms with Gasteiger partial charge in [-0.2, -0.15) is 0 Å². The molecule has 0 saturated carbocycles. The second kappa shape index (κ2) is 10.8. The van der Waals surface area contributed by atoms with Gasteiger partial charge in [-0.15, -0.1) is 24.0 Å². The van der Waals surface area contributed by atoms with Crippen LogP contribution >= 0.6 is 24.0 Å². The third-order valence-electron chi connectivity index (χ3n) is 3.85. The number of nitrogens with one attached hydrogen (secondary N) is 2. The summed E-state index contributed by atoms with van der Waals surface area (Å²) in [5.74, 6) is 1.31. The normalized spacial score (nSPS) is 14.0. The van der Waals surface area contributed by atoms with Crippen molar-refractivity contribution in [3.8, 4) is 5.75 Å². The molecule has 0 aromatic heterocycles. The Morgan fingerprint density at radius 3 is 2.62 bits per heavy atom. The van der Waals surface area contributed by atoms with Gasteiger partial charge in [0.2, 0.25) is 5.91 Å². The van der Waals surface area contributed by atoms with Crippen LogP contribution in [0.3, 0.4) is 0 Å². The Kier molecular flexibility index (Phi) is 9.17. The Labute approximate surface area is 171 Å². The predicted molar refractivity (Wildman–Crippen MR) is 111 cm³/mol. The van der Waals surface area contributed by atoms with Gasteiger partial charge in [-0.05, 0) is 19.1 Å². The molecular formula is C17H26IN5O3. The second-order valence-corrected chi connectivity index (χ2v) is 5.76. The van der Waals surface area contributed by atoms with Gasteiger partial charge in [0.1, 0.15) is 12.4 Å². The minimum atomic E-state index is -0.346. The van der Waals surface area contributed by atoms with E-state index in [-0.39, 0.29) is 42.5 Å². The van der Waals surface area contributed by atoms with E-state index in [9.17, 15) is 9.59 Å². The lowest BCUT2D eigenvalue weighted by atomic mass is 10.2. The van der Waals surface area contributed by atoms with Crippen LogP contribution in [0.15, 0.2) is 29.3 Å². The quantitative estimate of drug-likeness (QED) is 0.267. The number of hydrogen-bond donors (Lipinski definition) is 2. The highest BCUT2D eigenvalue weighted by Crippen LogP contribution is 2.11. The van der Waals surface area contributed by atoms with Crippen molar-refractivity contribution in [2.24, 2.45) is 4.99 Å². The first-order valence-electron chi connectivity index (χ1n) is 8.20. The molecular weight excluding hydrogens is 449 g/mol. The Morgan fingerprint density at radius 1 is 1.35 bits per heavy atom. The van der Waals surface area contributed by atoms with E-state index in [0.717, 1.165) is 5.75 Å². The lowest BCUT2D eigenvalue weighted by Gasteiger charge is -2.23. The van der Waals surface area contributed by atoms with Crippen LogP contribution in [0.4, 0.5) is 4.79 Å². The number of likely N-dealkylation sites (N-methyl/N-ethyl adjacent to an activating group) is 1. The number of hydrogen-bond acceptors (Lipinski definition) is 4. The molecule has 1 fully saturated rings. The van der Waals surface area contributed by atoms with Gasteiger partial charge in [0.05, 0.1) is 13.1 Å². The fourth-order valence-electron chi connectivity index (χ4n) is 2.39. The third kappa shape index (κ3) is 6.36. The summed E-state index contributed by atoms with van der Waals surface area (Å²) in [6.07, 6.45) is 0. The zero-order chi connectivity index (χ0) is 18.2. The number of aryl methyl sites for hydroxylation is 1. The Hall–Kier alpha value is -2.04. The van der Waals surface area contributed by atoms with E-state index in [1.165, 1.54) is 10.5 Å². The van der Waals surface area contributed by atoms with Crippen LogP contribution in [0, 0.1) is 6.92 Å². The van der Waals surface area contributed by atoms with E-state index < -0.39 is 0 Å². The fourth-order valence-corrected chi connectivity index (χ4v) is 2.39. The molecule has 1 heterocycles. The van der Waals surface area contributed by atoms with Crippen molar-refractivity contribution in [2.45, 2.75) is 6.92 Å². The summed E-state index contributed by atoms with van der Waals surface area (Å²) in [6.45, 7) is 4.02. The molecule has 1 aromatic carbocycles. The van der Waals surface area contributed by atoms with Gasteiger partial charge in [0.25, 0.3) is 0 Å². The molecule has 8 nitrogen and oxygen atoms in total. The van der Waals surface area contributed by atoms with E-state index in [1.54, 1.807) is 7.05 Å². The van der Waals surface area contributed by atoms with Crippen molar-refractivity contribution in [1.29, 1.82) is 0 Å². The maximum atomic E-state index is 11.5. The number of ether oxygens (including phenoxy) is 1. The number of benzene rings is 1. The van der Waals surface area contributed by atoms with Crippen LogP contribution in [0.1, 0.15) is 5.56 Å². The molecule has 1 aliphatic rings. The molecule has 0 bridgehead atoms. The molecule has 9 heteroatoms. The first kappa shape index (κ1) is 22.0. The number of nitrogens with zero attached hydrogens (tertiary/aromatic N) is 3. The highest BCUT2D eigenvalue weighted by atomic mass is 127. The molecule has 2 N–H and O–H groups in total. The topological polar surface area (TPSA) is 86.3 Å². The van der Waals surface area contributed by atoms with Gasteiger partial charge in [0.15, 0.2) is 5.96 Å². The molecule has 1 aromatic rings. The van der Waals surface area contributed by atoms with Gasteiger partial charge >= 0.3 is 6.03 Å². The van der Waals surface area contributed by atoms with Crippen LogP contribution in [-0.4, -0.2) is 74.6 Å². The summed E-state index contributed by atoms with van der Waals surface area (Å²) in [4.78, 5) is 30.3. The summed E-state index contributed by atoms with van der Waals surface area (Å²) in [5.41, 5.74) is 1.19. The van der Waals surface area contributed by atoms with Crippen molar-refractivity contribution < 1.29 is 14.3 Å². The summed E-state index contributed by atoms with van der Waals surface area (Å²) in [6, 6.07) is 7.56. The molecule has 0 atom stereocenters. The Balaban J connectivity index is 0.00000338. The maximum absolute atomic E-state index is 11.5. The third-order valence-corrected chi connectivity index (χ3v) is 3.85. The van der Waals surface area contributed by atoms with E-state index in [2.05, 4.69) is 15.6 Å². The van der Waals surface area contributed by atoms with Crippen LogP contribution in [0.2, 0.25) is 0 Å². The number of amides is 3. The van der Waals surface area contributed by atoms with Crippen LogP contribution in [0.5, 0.6) is 5.75 Å². The largest absolute Gasteiger partial charge is 0.492 e. The maximum Gasteiger partial charge on any atom is 0.324 e. The van der Waals surface area contributed by atoms with Crippen LogP contribution in [0.25, 0.3) is 0 Å². The minimum Gasteiger partial charge on any atom is -0.492 e. The standard InChI is InChI=1S/C17H25N5O3.HI/c1-13-4-6-14(7-5-13)25-11-10-21(3)16(18-2)19-8-9-22-15(23)12-20-17(22)24;/h4-7H,8-12H2,1-3H3,(H,18,19)(H,20,24);1H. The molecule has 1 aliphatic heterocycles. The molecule has 0 spiro atoms. The van der Waals surface area contributed by atoms with Crippen molar-refractivity contribution in [2.75, 3.05) is 46.9 Å². The second-order valence-electron chi connectivity index (χ2n) is 5.76. The summed E-state index contributed by atoms with van der Waals surface area (Å²) in [5, 5.41) is 5.63. The highest BCUT2D eigenvalue weighted by Gasteiger charge is 2.27. The van der Waals surface area contributed by atoms with Crippen molar-refractivity contribution in [3.05, 3.63) is 29.8 Å². The smallest absolute Gasteiger partial charge is 0.324 e. The zero-order valence-electron chi connectivity index (χ0n) is 15.3. The number of halogens is 1. The molecule has 0 radical (unpaired) electrons. The molecule has 144 valence electrons. The summed E-state index contributed by atoms with van der Waals surface area (Å²) < 4.78 is 5.71. The van der Waals surface area contributed by atoms with E-state index in [4.69, 9.17) is 4.74 Å². The molecule has 1 saturated heterocycles. The van der Waals surface area contributed by atoms with Gasteiger partial charge in [-0.3, -0.25) is 14.7 Å². The number of urea groups is 1. The van der Waals surface area contributed by atoms with Gasteiger partial charge < -0.3 is 20.3 Å². The summed E-state index contributed by atoms with van der Waals surface area (Å²) >= 11 is 0. The summed E-state index contributed by atoms with van der Waals surface area (Å²) in [7, 11) is 3.59. The lowest BCUT2D eigenvalue weighted by Crippen LogP contribution is -2.44. The number of carbonyl (C=O) groups excluding carboxylic acids is 2.